The average Bonchev–Trinajstić information content (AvgIpc) is 3.43. The van der Waals surface area contributed by atoms with E-state index in [-0.39, 0.29) is 29.5 Å². The fraction of sp³-hybridized carbons (Fsp3) is 0.300. The molecular formula is C30H33N3O5S. The van der Waals surface area contributed by atoms with Crippen molar-refractivity contribution in [1.82, 2.24) is 15.5 Å². The predicted octanol–water partition coefficient (Wildman–Crippen LogP) is 2.93. The van der Waals surface area contributed by atoms with E-state index in [1.165, 1.54) is 22.7 Å². The van der Waals surface area contributed by atoms with Crippen LogP contribution in [0.1, 0.15) is 32.6 Å². The van der Waals surface area contributed by atoms with Gasteiger partial charge in [-0.25, -0.2) is 0 Å². The van der Waals surface area contributed by atoms with Crippen LogP contribution in [0.3, 0.4) is 0 Å². The minimum Gasteiger partial charge on any atom is -0.508 e. The Kier molecular flexibility index (Phi) is 9.27. The molecule has 4 N–H and O–H groups in total. The van der Waals surface area contributed by atoms with Gasteiger partial charge in [0.15, 0.2) is 6.10 Å². The molecule has 0 aromatic heterocycles. The van der Waals surface area contributed by atoms with Crippen molar-refractivity contribution >= 4 is 29.5 Å². The number of rotatable bonds is 9. The van der Waals surface area contributed by atoms with Gasteiger partial charge in [-0.15, -0.1) is 11.8 Å². The number of thioether (sulfide) groups is 1. The highest BCUT2D eigenvalue weighted by molar-refractivity contribution is 7.99. The van der Waals surface area contributed by atoms with Crippen molar-refractivity contribution in [3.8, 4) is 5.75 Å². The number of phenols is 1. The van der Waals surface area contributed by atoms with E-state index >= 15 is 0 Å². The van der Waals surface area contributed by atoms with Crippen LogP contribution in [0, 0.1) is 13.8 Å². The molecule has 0 bridgehead atoms. The topological polar surface area (TPSA) is 119 Å². The summed E-state index contributed by atoms with van der Waals surface area (Å²) in [5.74, 6) is -0.772. The summed E-state index contributed by atoms with van der Waals surface area (Å²) in [6.45, 7) is 3.94. The Hall–Kier alpha value is -3.82. The Morgan fingerprint density at radius 3 is 2.46 bits per heavy atom. The molecule has 0 radical (unpaired) electrons. The van der Waals surface area contributed by atoms with Crippen molar-refractivity contribution in [2.75, 3.05) is 11.6 Å². The van der Waals surface area contributed by atoms with E-state index in [2.05, 4.69) is 10.6 Å². The summed E-state index contributed by atoms with van der Waals surface area (Å²) < 4.78 is 0. The smallest absolute Gasteiger partial charge is 0.254 e. The zero-order valence-corrected chi connectivity index (χ0v) is 22.8. The van der Waals surface area contributed by atoms with Gasteiger partial charge in [0.25, 0.3) is 11.8 Å². The third-order valence-corrected chi connectivity index (χ3v) is 7.99. The summed E-state index contributed by atoms with van der Waals surface area (Å²) in [7, 11) is 0. The zero-order chi connectivity index (χ0) is 27.9. The third kappa shape index (κ3) is 6.79. The lowest BCUT2D eigenvalue weighted by Gasteiger charge is -2.30. The van der Waals surface area contributed by atoms with Gasteiger partial charge in [-0.3, -0.25) is 14.4 Å². The maximum absolute atomic E-state index is 13.6. The van der Waals surface area contributed by atoms with Crippen LogP contribution in [0.25, 0.3) is 0 Å². The second-order valence-electron chi connectivity index (χ2n) is 9.63. The summed E-state index contributed by atoms with van der Waals surface area (Å²) in [5.41, 5.74) is 3.52. The Labute approximate surface area is 232 Å². The number of aliphatic hydroxyl groups is 1. The summed E-state index contributed by atoms with van der Waals surface area (Å²) in [5, 5.41) is 27.0. The number of nitrogens with one attached hydrogen (secondary N) is 2. The van der Waals surface area contributed by atoms with Gasteiger partial charge in [-0.2, -0.15) is 0 Å². The molecule has 1 aliphatic heterocycles. The predicted molar refractivity (Wildman–Crippen MR) is 151 cm³/mol. The second kappa shape index (κ2) is 12.8. The SMILES string of the molecule is Cc1ccccc1CNC(=O)[C@@H]1CSCN1C(=O)C(O)C(Cc1ccccc1)NC(=O)c1cccc(O)c1C. The molecule has 3 atom stereocenters. The van der Waals surface area contributed by atoms with Gasteiger partial charge in [0.1, 0.15) is 11.8 Å². The van der Waals surface area contributed by atoms with Gasteiger partial charge in [0.2, 0.25) is 5.91 Å². The van der Waals surface area contributed by atoms with Gasteiger partial charge < -0.3 is 25.7 Å². The minimum atomic E-state index is -1.59. The number of amides is 3. The molecule has 3 aromatic carbocycles. The van der Waals surface area contributed by atoms with E-state index in [0.29, 0.717) is 17.9 Å². The van der Waals surface area contributed by atoms with Crippen LogP contribution in [-0.2, 0) is 22.6 Å². The molecule has 1 saturated heterocycles. The van der Waals surface area contributed by atoms with Crippen molar-refractivity contribution in [1.29, 1.82) is 0 Å². The van der Waals surface area contributed by atoms with Gasteiger partial charge >= 0.3 is 0 Å². The van der Waals surface area contributed by atoms with Crippen molar-refractivity contribution in [2.45, 2.75) is 45.0 Å². The molecule has 3 amide bonds. The highest BCUT2D eigenvalue weighted by Gasteiger charge is 2.40. The van der Waals surface area contributed by atoms with Crippen LogP contribution < -0.4 is 10.6 Å². The molecule has 9 heteroatoms. The lowest BCUT2D eigenvalue weighted by molar-refractivity contribution is -0.146. The van der Waals surface area contributed by atoms with Crippen LogP contribution in [0.4, 0.5) is 0 Å². The van der Waals surface area contributed by atoms with Gasteiger partial charge in [-0.1, -0.05) is 60.7 Å². The van der Waals surface area contributed by atoms with Gasteiger partial charge in [0.05, 0.1) is 11.9 Å². The first kappa shape index (κ1) is 28.2. The third-order valence-electron chi connectivity index (χ3n) is 6.98. The Bertz CT molecular complexity index is 1330. The molecule has 8 nitrogen and oxygen atoms in total. The van der Waals surface area contributed by atoms with Crippen LogP contribution in [0.5, 0.6) is 5.75 Å². The van der Waals surface area contributed by atoms with Crippen LogP contribution in [-0.4, -0.2) is 62.7 Å². The normalized spacial score (nSPS) is 16.4. The molecular weight excluding hydrogens is 514 g/mol. The monoisotopic (exact) mass is 547 g/mol. The molecule has 1 heterocycles. The Morgan fingerprint density at radius 2 is 1.72 bits per heavy atom. The largest absolute Gasteiger partial charge is 0.508 e. The number of aliphatic hydroxyl groups excluding tert-OH is 1. The maximum atomic E-state index is 13.6. The molecule has 0 aliphatic carbocycles. The van der Waals surface area contributed by atoms with Gasteiger partial charge in [0, 0.05) is 23.4 Å². The lowest BCUT2D eigenvalue weighted by atomic mass is 9.98. The zero-order valence-electron chi connectivity index (χ0n) is 22.0. The first-order valence-corrected chi connectivity index (χ1v) is 13.9. The van der Waals surface area contributed by atoms with Crippen molar-refractivity contribution < 1.29 is 24.6 Å². The number of nitrogens with zero attached hydrogens (tertiary/aromatic N) is 1. The second-order valence-corrected chi connectivity index (χ2v) is 10.6. The number of benzene rings is 3. The number of carbonyl (C=O) groups excluding carboxylic acids is 3. The average molecular weight is 548 g/mol. The lowest BCUT2D eigenvalue weighted by Crippen LogP contribution is -2.56. The van der Waals surface area contributed by atoms with Gasteiger partial charge in [-0.05, 0) is 49.1 Å². The first-order chi connectivity index (χ1) is 18.8. The number of aryl methyl sites for hydroxylation is 1. The summed E-state index contributed by atoms with van der Waals surface area (Å²) in [6.07, 6.45) is -1.39. The van der Waals surface area contributed by atoms with Crippen molar-refractivity contribution in [3.05, 3.63) is 101 Å². The standard InChI is InChI=1S/C30H33N3O5S/c1-19-9-6-7-12-22(19)16-31-29(37)25-17-39-18-33(25)30(38)27(35)24(15-21-10-4-3-5-11-21)32-28(36)23-13-8-14-26(34)20(23)2/h3-14,24-25,27,34-35H,15-18H2,1-2H3,(H,31,37)(H,32,36)/t24?,25-,27?/m0/s1. The van der Waals surface area contributed by atoms with Crippen molar-refractivity contribution in [2.24, 2.45) is 0 Å². The van der Waals surface area contributed by atoms with E-state index in [4.69, 9.17) is 0 Å². The number of hydrogen-bond donors (Lipinski definition) is 4. The fourth-order valence-electron chi connectivity index (χ4n) is 4.55. The molecule has 39 heavy (non-hydrogen) atoms. The highest BCUT2D eigenvalue weighted by Crippen LogP contribution is 2.24. The van der Waals surface area contributed by atoms with E-state index < -0.39 is 30.0 Å². The highest BCUT2D eigenvalue weighted by atomic mass is 32.2. The molecule has 2 unspecified atom stereocenters. The molecule has 1 fully saturated rings. The van der Waals surface area contributed by atoms with E-state index in [1.54, 1.807) is 19.1 Å². The van der Waals surface area contributed by atoms with Crippen LogP contribution in [0.2, 0.25) is 0 Å². The minimum absolute atomic E-state index is 0.0208. The molecule has 204 valence electrons. The van der Waals surface area contributed by atoms with Crippen LogP contribution >= 0.6 is 11.8 Å². The number of hydrogen-bond acceptors (Lipinski definition) is 6. The molecule has 1 aliphatic rings. The number of aromatic hydroxyl groups is 1. The molecule has 0 spiro atoms. The fourth-order valence-corrected chi connectivity index (χ4v) is 5.72. The van der Waals surface area contributed by atoms with E-state index in [1.807, 2.05) is 61.5 Å². The Morgan fingerprint density at radius 1 is 1.00 bits per heavy atom. The van der Waals surface area contributed by atoms with E-state index in [0.717, 1.165) is 16.7 Å². The van der Waals surface area contributed by atoms with E-state index in [9.17, 15) is 24.6 Å². The maximum Gasteiger partial charge on any atom is 0.254 e. The van der Waals surface area contributed by atoms with Crippen LogP contribution in [0.15, 0.2) is 72.8 Å². The summed E-state index contributed by atoms with van der Waals surface area (Å²) in [6, 6.07) is 19.9. The number of carbonyl (C=O) groups is 3. The molecule has 3 aromatic rings. The molecule has 4 rings (SSSR count). The first-order valence-electron chi connectivity index (χ1n) is 12.8. The summed E-state index contributed by atoms with van der Waals surface area (Å²) >= 11 is 1.44. The quantitative estimate of drug-likeness (QED) is 0.327. The van der Waals surface area contributed by atoms with Crippen molar-refractivity contribution in [3.63, 3.8) is 0 Å². The summed E-state index contributed by atoms with van der Waals surface area (Å²) in [4.78, 5) is 41.2. The number of phenolic OH excluding ortho intramolecular Hbond substituents is 1. The Balaban J connectivity index is 1.50. The molecule has 0 saturated carbocycles.